The highest BCUT2D eigenvalue weighted by Crippen LogP contribution is 2.42. The molecule has 0 aliphatic carbocycles. The third-order valence-corrected chi connectivity index (χ3v) is 6.57. The monoisotopic (exact) mass is 420 g/mol. The van der Waals surface area contributed by atoms with Crippen molar-refractivity contribution in [1.82, 2.24) is 9.55 Å². The molecule has 5 rings (SSSR count). The number of benzene rings is 1. The van der Waals surface area contributed by atoms with Gasteiger partial charge in [0.1, 0.15) is 23.4 Å². The molecular weight excluding hydrogens is 404 g/mol. The molecular formula is C18H17BrN2O3S. The largest absolute Gasteiger partial charge is 0.488 e. The van der Waals surface area contributed by atoms with Crippen molar-refractivity contribution in [3.05, 3.63) is 32.8 Å². The van der Waals surface area contributed by atoms with Crippen LogP contribution in [0.3, 0.4) is 0 Å². The number of hydrogen-bond acceptors (Lipinski definition) is 5. The minimum absolute atomic E-state index is 0.0898. The number of halogens is 1. The standard InChI is InChI=1S/C18H17BrN2O3S/c19-12-6-5-11-14-17(25-16(11)15(12)24-9-10-8-23-10)20-13-4-2-1-3-7-21(13)18(14)22/h5-6,10H,1-4,7-9H2. The summed E-state index contributed by atoms with van der Waals surface area (Å²) in [6, 6.07) is 3.94. The van der Waals surface area contributed by atoms with Crippen molar-refractivity contribution in [2.24, 2.45) is 0 Å². The molecule has 0 amide bonds. The molecule has 25 heavy (non-hydrogen) atoms. The molecule has 0 spiro atoms. The fraction of sp³-hybridized carbons (Fsp3) is 0.444. The number of rotatable bonds is 3. The third kappa shape index (κ3) is 2.69. The lowest BCUT2D eigenvalue weighted by Gasteiger charge is -2.08. The first-order chi connectivity index (χ1) is 12.2. The maximum Gasteiger partial charge on any atom is 0.262 e. The molecule has 4 heterocycles. The Morgan fingerprint density at radius 2 is 2.24 bits per heavy atom. The second kappa shape index (κ2) is 6.07. The van der Waals surface area contributed by atoms with Crippen LogP contribution in [-0.4, -0.2) is 28.9 Å². The van der Waals surface area contributed by atoms with E-state index < -0.39 is 0 Å². The van der Waals surface area contributed by atoms with Gasteiger partial charge in [-0.25, -0.2) is 4.98 Å². The Morgan fingerprint density at radius 3 is 3.08 bits per heavy atom. The van der Waals surface area contributed by atoms with Crippen LogP contribution in [0.5, 0.6) is 5.75 Å². The first kappa shape index (κ1) is 15.8. The van der Waals surface area contributed by atoms with Crippen LogP contribution in [0.4, 0.5) is 0 Å². The number of hydrogen-bond donors (Lipinski definition) is 0. The smallest absolute Gasteiger partial charge is 0.262 e. The van der Waals surface area contributed by atoms with E-state index in [-0.39, 0.29) is 11.7 Å². The molecule has 0 radical (unpaired) electrons. The zero-order chi connectivity index (χ0) is 17.0. The molecule has 130 valence electrons. The molecule has 1 aromatic carbocycles. The summed E-state index contributed by atoms with van der Waals surface area (Å²) in [6.45, 7) is 2.07. The molecule has 3 aromatic rings. The van der Waals surface area contributed by atoms with E-state index in [9.17, 15) is 4.79 Å². The van der Waals surface area contributed by atoms with Gasteiger partial charge >= 0.3 is 0 Å². The van der Waals surface area contributed by atoms with E-state index in [4.69, 9.17) is 14.5 Å². The molecule has 2 aliphatic heterocycles. The summed E-state index contributed by atoms with van der Waals surface area (Å²) in [5, 5.41) is 1.66. The van der Waals surface area contributed by atoms with Crippen molar-refractivity contribution in [2.45, 2.75) is 38.3 Å². The van der Waals surface area contributed by atoms with Crippen LogP contribution in [-0.2, 0) is 17.7 Å². The van der Waals surface area contributed by atoms with Crippen LogP contribution in [0.2, 0.25) is 0 Å². The average Bonchev–Trinajstić information content (AvgIpc) is 3.38. The summed E-state index contributed by atoms with van der Waals surface area (Å²) < 4.78 is 15.0. The number of thiophene rings is 1. The van der Waals surface area contributed by atoms with E-state index in [0.29, 0.717) is 6.61 Å². The Bertz CT molecular complexity index is 1040. The highest BCUT2D eigenvalue weighted by atomic mass is 79.9. The van der Waals surface area contributed by atoms with E-state index in [2.05, 4.69) is 15.9 Å². The number of nitrogens with zero attached hydrogens (tertiary/aromatic N) is 2. The Labute approximate surface area is 156 Å². The normalized spacial score (nSPS) is 19.8. The number of epoxide rings is 1. The summed E-state index contributed by atoms with van der Waals surface area (Å²) in [7, 11) is 0. The van der Waals surface area contributed by atoms with E-state index in [1.54, 1.807) is 11.3 Å². The number of aryl methyl sites for hydroxylation is 1. The second-order valence-electron chi connectivity index (χ2n) is 6.60. The van der Waals surface area contributed by atoms with Gasteiger partial charge in [0.15, 0.2) is 5.75 Å². The second-order valence-corrected chi connectivity index (χ2v) is 8.45. The molecule has 0 saturated carbocycles. The zero-order valence-electron chi connectivity index (χ0n) is 13.6. The Kier molecular flexibility index (Phi) is 3.83. The number of ether oxygens (including phenoxy) is 2. The van der Waals surface area contributed by atoms with Gasteiger partial charge in [0.2, 0.25) is 0 Å². The van der Waals surface area contributed by atoms with E-state index >= 15 is 0 Å². The van der Waals surface area contributed by atoms with Crippen LogP contribution < -0.4 is 10.3 Å². The molecule has 2 aliphatic rings. The van der Waals surface area contributed by atoms with Gasteiger partial charge in [0.05, 0.1) is 21.2 Å². The average molecular weight is 421 g/mol. The Hall–Kier alpha value is -1.44. The van der Waals surface area contributed by atoms with Gasteiger partial charge in [0.25, 0.3) is 5.56 Å². The highest BCUT2D eigenvalue weighted by molar-refractivity contribution is 9.10. The molecule has 7 heteroatoms. The van der Waals surface area contributed by atoms with Crippen molar-refractivity contribution in [1.29, 1.82) is 0 Å². The van der Waals surface area contributed by atoms with Gasteiger partial charge in [-0.1, -0.05) is 12.5 Å². The van der Waals surface area contributed by atoms with Gasteiger partial charge in [-0.05, 0) is 34.8 Å². The van der Waals surface area contributed by atoms with Gasteiger partial charge in [0, 0.05) is 18.4 Å². The maximum absolute atomic E-state index is 13.1. The van der Waals surface area contributed by atoms with Crippen LogP contribution in [0.1, 0.15) is 25.1 Å². The lowest BCUT2D eigenvalue weighted by molar-refractivity contribution is 0.264. The maximum atomic E-state index is 13.1. The van der Waals surface area contributed by atoms with Gasteiger partial charge in [-0.3, -0.25) is 9.36 Å². The minimum atomic E-state index is 0.0898. The molecule has 1 unspecified atom stereocenters. The molecule has 0 N–H and O–H groups in total. The minimum Gasteiger partial charge on any atom is -0.488 e. The topological polar surface area (TPSA) is 56.7 Å². The molecule has 1 saturated heterocycles. The predicted molar refractivity (Wildman–Crippen MR) is 102 cm³/mol. The van der Waals surface area contributed by atoms with E-state index in [0.717, 1.165) is 75.2 Å². The van der Waals surface area contributed by atoms with Gasteiger partial charge < -0.3 is 9.47 Å². The van der Waals surface area contributed by atoms with Crippen molar-refractivity contribution >= 4 is 47.6 Å². The van der Waals surface area contributed by atoms with Crippen molar-refractivity contribution < 1.29 is 9.47 Å². The highest BCUT2D eigenvalue weighted by Gasteiger charge is 2.25. The quantitative estimate of drug-likeness (QED) is 0.603. The molecule has 0 bridgehead atoms. The molecule has 1 atom stereocenters. The lowest BCUT2D eigenvalue weighted by atomic mass is 10.2. The van der Waals surface area contributed by atoms with Crippen molar-refractivity contribution in [3.8, 4) is 5.75 Å². The third-order valence-electron chi connectivity index (χ3n) is 4.85. The molecule has 2 aromatic heterocycles. The fourth-order valence-corrected chi connectivity index (χ4v) is 5.20. The van der Waals surface area contributed by atoms with Crippen molar-refractivity contribution in [3.63, 3.8) is 0 Å². The van der Waals surface area contributed by atoms with Crippen molar-refractivity contribution in [2.75, 3.05) is 13.2 Å². The van der Waals surface area contributed by atoms with E-state index in [1.807, 2.05) is 16.7 Å². The summed E-state index contributed by atoms with van der Waals surface area (Å²) in [5.41, 5.74) is 0.0898. The SMILES string of the molecule is O=c1c2c(nc3n1CCCCC3)sc1c(OCC3CO3)c(Br)ccc12. The van der Waals surface area contributed by atoms with Gasteiger partial charge in [-0.2, -0.15) is 0 Å². The predicted octanol–water partition coefficient (Wildman–Crippen LogP) is 3.88. The van der Waals surface area contributed by atoms with Gasteiger partial charge in [-0.15, -0.1) is 11.3 Å². The number of fused-ring (bicyclic) bond motifs is 4. The fourth-order valence-electron chi connectivity index (χ4n) is 3.44. The summed E-state index contributed by atoms with van der Waals surface area (Å²) in [4.78, 5) is 18.8. The van der Waals surface area contributed by atoms with Crippen LogP contribution in [0, 0.1) is 0 Å². The number of aromatic nitrogens is 2. The Balaban J connectivity index is 1.74. The lowest BCUT2D eigenvalue weighted by Crippen LogP contribution is -2.23. The first-order valence-corrected chi connectivity index (χ1v) is 10.2. The zero-order valence-corrected chi connectivity index (χ0v) is 16.0. The van der Waals surface area contributed by atoms with Crippen LogP contribution in [0.25, 0.3) is 20.3 Å². The Morgan fingerprint density at radius 1 is 1.36 bits per heavy atom. The summed E-state index contributed by atoms with van der Waals surface area (Å²) in [6.07, 6.45) is 4.38. The molecule has 1 fully saturated rings. The van der Waals surface area contributed by atoms with E-state index in [1.165, 1.54) is 0 Å². The molecule has 5 nitrogen and oxygen atoms in total. The van der Waals surface area contributed by atoms with Crippen LogP contribution >= 0.6 is 27.3 Å². The first-order valence-electron chi connectivity index (χ1n) is 8.61. The summed E-state index contributed by atoms with van der Waals surface area (Å²) >= 11 is 5.13. The van der Waals surface area contributed by atoms with Crippen LogP contribution in [0.15, 0.2) is 21.4 Å². The summed E-state index contributed by atoms with van der Waals surface area (Å²) in [5.74, 6) is 1.71.